The van der Waals surface area contributed by atoms with Gasteiger partial charge in [-0.2, -0.15) is 0 Å². The number of thiazole rings is 1. The molecule has 2 N–H and O–H groups in total. The third-order valence-corrected chi connectivity index (χ3v) is 8.08. The van der Waals surface area contributed by atoms with Gasteiger partial charge in [-0.1, -0.05) is 47.6 Å². The SMILES string of the molecule is C=C(CCC(=C)C(O)c1nc2ccc(C(=O)O)cc2s1)OCc1c(-c2c(Cl)cccc2Cl)noc1C1CC1. The van der Waals surface area contributed by atoms with Gasteiger partial charge < -0.3 is 19.5 Å². The molecule has 0 aliphatic heterocycles. The highest BCUT2D eigenvalue weighted by Crippen LogP contribution is 2.46. The number of aliphatic hydroxyl groups excluding tert-OH is 1. The summed E-state index contributed by atoms with van der Waals surface area (Å²) in [5.74, 6) is 0.598. The Labute approximate surface area is 233 Å². The second-order valence-electron chi connectivity index (χ2n) is 9.17. The minimum atomic E-state index is -1.01. The number of aromatic nitrogens is 2. The molecule has 0 radical (unpaired) electrons. The zero-order valence-corrected chi connectivity index (χ0v) is 22.6. The first kappa shape index (κ1) is 26.4. The van der Waals surface area contributed by atoms with Crippen LogP contribution in [0.5, 0.6) is 0 Å². The number of hydrogen-bond donors (Lipinski definition) is 2. The largest absolute Gasteiger partial charge is 0.494 e. The molecule has 1 fully saturated rings. The van der Waals surface area contributed by atoms with Crippen molar-refractivity contribution in [3.63, 3.8) is 0 Å². The number of rotatable bonds is 11. The van der Waals surface area contributed by atoms with E-state index in [-0.39, 0.29) is 12.2 Å². The summed E-state index contributed by atoms with van der Waals surface area (Å²) in [6.07, 6.45) is 1.94. The molecule has 2 aromatic carbocycles. The van der Waals surface area contributed by atoms with Gasteiger partial charge in [0.2, 0.25) is 0 Å². The molecule has 1 saturated carbocycles. The first-order valence-electron chi connectivity index (χ1n) is 12.0. The van der Waals surface area contributed by atoms with Crippen LogP contribution in [0.3, 0.4) is 0 Å². The van der Waals surface area contributed by atoms with E-state index in [1.54, 1.807) is 30.3 Å². The molecule has 1 unspecified atom stereocenters. The fourth-order valence-electron chi connectivity index (χ4n) is 4.10. The maximum absolute atomic E-state index is 11.2. The normalized spacial score (nSPS) is 14.0. The molecular weight excluding hydrogens is 547 g/mol. The number of carboxylic acid groups (broad SMARTS) is 1. The summed E-state index contributed by atoms with van der Waals surface area (Å²) < 4.78 is 12.4. The highest BCUT2D eigenvalue weighted by Gasteiger charge is 2.33. The Morgan fingerprint density at radius 3 is 2.61 bits per heavy atom. The molecule has 1 atom stereocenters. The molecule has 10 heteroatoms. The minimum Gasteiger partial charge on any atom is -0.494 e. The quantitative estimate of drug-likeness (QED) is 0.139. The first-order valence-corrected chi connectivity index (χ1v) is 13.5. The summed E-state index contributed by atoms with van der Waals surface area (Å²) in [5.41, 5.74) is 3.34. The van der Waals surface area contributed by atoms with Gasteiger partial charge in [0.1, 0.15) is 29.2 Å². The highest BCUT2D eigenvalue weighted by molar-refractivity contribution is 7.18. The average Bonchev–Trinajstić information content (AvgIpc) is 3.51. The van der Waals surface area contributed by atoms with Gasteiger partial charge in [-0.15, -0.1) is 11.3 Å². The molecule has 2 heterocycles. The topological polar surface area (TPSA) is 106 Å². The summed E-state index contributed by atoms with van der Waals surface area (Å²) in [6, 6.07) is 9.96. The monoisotopic (exact) mass is 570 g/mol. The van der Waals surface area contributed by atoms with Crippen LogP contribution in [0.2, 0.25) is 10.0 Å². The smallest absolute Gasteiger partial charge is 0.335 e. The third-order valence-electron chi connectivity index (χ3n) is 6.38. The maximum atomic E-state index is 11.2. The molecule has 38 heavy (non-hydrogen) atoms. The Hall–Kier alpha value is -3.17. The number of hydrogen-bond acceptors (Lipinski definition) is 7. The standard InChI is InChI=1S/C28H24Cl2N2O5S/c1-14(25(33)27-31-21-11-10-17(28(34)35)12-22(21)38-27)6-7-15(2)36-13-18-24(32-37-26(18)16-8-9-16)23-19(29)4-3-5-20(23)30/h3-5,10-12,16,25,33H,1-2,6-9,13H2,(H,34,35). The molecule has 1 aliphatic rings. The Balaban J connectivity index is 1.23. The molecule has 0 saturated heterocycles. The molecule has 196 valence electrons. The van der Waals surface area contributed by atoms with E-state index in [9.17, 15) is 15.0 Å². The number of benzene rings is 2. The number of allylic oxidation sites excluding steroid dienone is 1. The summed E-state index contributed by atoms with van der Waals surface area (Å²) in [6.45, 7) is 8.25. The Bertz CT molecular complexity index is 1540. The average molecular weight is 571 g/mol. The third kappa shape index (κ3) is 5.49. The number of carbonyl (C=O) groups is 1. The van der Waals surface area contributed by atoms with E-state index in [2.05, 4.69) is 23.3 Å². The number of halogens is 2. The van der Waals surface area contributed by atoms with Gasteiger partial charge in [0.15, 0.2) is 0 Å². The van der Waals surface area contributed by atoms with Crippen molar-refractivity contribution in [3.05, 3.63) is 92.8 Å². The second kappa shape index (κ2) is 10.9. The minimum absolute atomic E-state index is 0.173. The number of carboxylic acids is 1. The molecule has 4 aromatic rings. The lowest BCUT2D eigenvalue weighted by Crippen LogP contribution is -2.02. The molecule has 0 amide bonds. The van der Waals surface area contributed by atoms with Gasteiger partial charge in [0.05, 0.1) is 37.1 Å². The van der Waals surface area contributed by atoms with Crippen LogP contribution in [0.4, 0.5) is 0 Å². The first-order chi connectivity index (χ1) is 18.2. The Kier molecular flexibility index (Phi) is 7.59. The lowest BCUT2D eigenvalue weighted by atomic mass is 10.0. The van der Waals surface area contributed by atoms with Gasteiger partial charge >= 0.3 is 5.97 Å². The van der Waals surface area contributed by atoms with E-state index < -0.39 is 12.1 Å². The lowest BCUT2D eigenvalue weighted by molar-refractivity contribution is 0.0697. The van der Waals surface area contributed by atoms with Crippen molar-refractivity contribution in [3.8, 4) is 11.3 Å². The van der Waals surface area contributed by atoms with Crippen molar-refractivity contribution < 1.29 is 24.3 Å². The maximum Gasteiger partial charge on any atom is 0.335 e. The van der Waals surface area contributed by atoms with Crippen LogP contribution < -0.4 is 0 Å². The summed E-state index contributed by atoms with van der Waals surface area (Å²) >= 11 is 14.1. The van der Waals surface area contributed by atoms with Crippen LogP contribution in [0.25, 0.3) is 21.5 Å². The van der Waals surface area contributed by atoms with E-state index in [0.29, 0.717) is 66.6 Å². The highest BCUT2D eigenvalue weighted by atomic mass is 35.5. The fourth-order valence-corrected chi connectivity index (χ4v) is 5.73. The number of ether oxygens (including phenoxy) is 1. The zero-order chi connectivity index (χ0) is 27.0. The Morgan fingerprint density at radius 1 is 1.18 bits per heavy atom. The summed E-state index contributed by atoms with van der Waals surface area (Å²) in [7, 11) is 0. The molecular formula is C28H24Cl2N2O5S. The van der Waals surface area contributed by atoms with Crippen molar-refractivity contribution in [2.45, 2.75) is 44.3 Å². The van der Waals surface area contributed by atoms with Crippen LogP contribution >= 0.6 is 34.5 Å². The van der Waals surface area contributed by atoms with Crippen LogP contribution in [0.1, 0.15) is 64.4 Å². The van der Waals surface area contributed by atoms with Crippen molar-refractivity contribution in [1.29, 1.82) is 0 Å². The van der Waals surface area contributed by atoms with Gasteiger partial charge in [-0.25, -0.2) is 9.78 Å². The van der Waals surface area contributed by atoms with Gasteiger partial charge in [0.25, 0.3) is 0 Å². The number of fused-ring (bicyclic) bond motifs is 1. The predicted octanol–water partition coefficient (Wildman–Crippen LogP) is 7.93. The molecule has 2 aromatic heterocycles. The van der Waals surface area contributed by atoms with E-state index in [1.807, 2.05) is 0 Å². The lowest BCUT2D eigenvalue weighted by Gasteiger charge is -2.14. The van der Waals surface area contributed by atoms with E-state index >= 15 is 0 Å². The van der Waals surface area contributed by atoms with Crippen LogP contribution in [-0.4, -0.2) is 26.3 Å². The number of aromatic carboxylic acids is 1. The van der Waals surface area contributed by atoms with Crippen molar-refractivity contribution >= 4 is 50.7 Å². The molecule has 5 rings (SSSR count). The summed E-state index contributed by atoms with van der Waals surface area (Å²) in [5, 5.41) is 25.7. The van der Waals surface area contributed by atoms with E-state index in [4.69, 9.17) is 32.5 Å². The zero-order valence-electron chi connectivity index (χ0n) is 20.2. The van der Waals surface area contributed by atoms with Crippen molar-refractivity contribution in [2.24, 2.45) is 0 Å². The van der Waals surface area contributed by atoms with Crippen molar-refractivity contribution in [1.82, 2.24) is 10.1 Å². The molecule has 1 aliphatic carbocycles. The fraction of sp³-hybridized carbons (Fsp3) is 0.250. The number of nitrogens with zero attached hydrogens (tertiary/aromatic N) is 2. The molecule has 0 bridgehead atoms. The van der Waals surface area contributed by atoms with Crippen LogP contribution in [0, 0.1) is 0 Å². The predicted molar refractivity (Wildman–Crippen MR) is 148 cm³/mol. The van der Waals surface area contributed by atoms with Crippen molar-refractivity contribution in [2.75, 3.05) is 0 Å². The molecule has 7 nitrogen and oxygen atoms in total. The van der Waals surface area contributed by atoms with Gasteiger partial charge in [-0.05, 0) is 55.2 Å². The van der Waals surface area contributed by atoms with Gasteiger partial charge in [-0.3, -0.25) is 0 Å². The van der Waals surface area contributed by atoms with E-state index in [0.717, 1.165) is 24.2 Å². The Morgan fingerprint density at radius 2 is 1.92 bits per heavy atom. The van der Waals surface area contributed by atoms with Crippen LogP contribution in [-0.2, 0) is 11.3 Å². The van der Waals surface area contributed by atoms with E-state index in [1.165, 1.54) is 17.4 Å². The summed E-state index contributed by atoms with van der Waals surface area (Å²) in [4.78, 5) is 15.7. The van der Waals surface area contributed by atoms with Crippen LogP contribution in [0.15, 0.2) is 65.4 Å². The molecule has 0 spiro atoms. The second-order valence-corrected chi connectivity index (χ2v) is 11.0. The number of aliphatic hydroxyl groups is 1. The van der Waals surface area contributed by atoms with Gasteiger partial charge in [0, 0.05) is 17.9 Å².